The van der Waals surface area contributed by atoms with E-state index in [2.05, 4.69) is 10.3 Å². The second-order valence-electron chi connectivity index (χ2n) is 6.88. The summed E-state index contributed by atoms with van der Waals surface area (Å²) in [5, 5.41) is 12.4. The molecular weight excluding hydrogens is 308 g/mol. The maximum atomic E-state index is 12.4. The van der Waals surface area contributed by atoms with Crippen molar-refractivity contribution < 1.29 is 19.4 Å². The molecule has 0 aromatic carbocycles. The number of carbonyl (C=O) groups is 2. The lowest BCUT2D eigenvalue weighted by Crippen LogP contribution is -2.44. The molecule has 2 N–H and O–H groups in total. The highest BCUT2D eigenvalue weighted by atomic mass is 16.5. The molecule has 0 radical (unpaired) electrons. The summed E-state index contributed by atoms with van der Waals surface area (Å²) < 4.78 is 5.71. The first-order valence-corrected chi connectivity index (χ1v) is 8.73. The van der Waals surface area contributed by atoms with Crippen LogP contribution in [0.3, 0.4) is 0 Å². The van der Waals surface area contributed by atoms with Gasteiger partial charge in [-0.1, -0.05) is 19.3 Å². The first kappa shape index (κ1) is 16.7. The third kappa shape index (κ3) is 3.68. The van der Waals surface area contributed by atoms with E-state index in [1.54, 1.807) is 18.3 Å². The van der Waals surface area contributed by atoms with Gasteiger partial charge in [0.1, 0.15) is 6.10 Å². The number of hydrogen-bond donors (Lipinski definition) is 2. The van der Waals surface area contributed by atoms with Crippen molar-refractivity contribution in [1.29, 1.82) is 0 Å². The van der Waals surface area contributed by atoms with Gasteiger partial charge in [0, 0.05) is 24.4 Å². The van der Waals surface area contributed by atoms with E-state index < -0.39 is 11.4 Å². The highest BCUT2D eigenvalue weighted by molar-refractivity contribution is 5.94. The molecule has 1 aromatic rings. The van der Waals surface area contributed by atoms with Crippen LogP contribution in [0.5, 0.6) is 5.88 Å². The van der Waals surface area contributed by atoms with Crippen LogP contribution in [-0.4, -0.2) is 34.6 Å². The smallest absolute Gasteiger partial charge is 0.311 e. The molecule has 2 aliphatic carbocycles. The summed E-state index contributed by atoms with van der Waals surface area (Å²) in [4.78, 5) is 28.2. The number of aliphatic carboxylic acids is 1. The molecule has 0 spiro atoms. The molecule has 0 unspecified atom stereocenters. The number of aromatic nitrogens is 1. The molecule has 24 heavy (non-hydrogen) atoms. The molecule has 0 bridgehead atoms. The van der Waals surface area contributed by atoms with Crippen molar-refractivity contribution in [2.75, 3.05) is 6.54 Å². The van der Waals surface area contributed by atoms with Gasteiger partial charge in [-0.2, -0.15) is 0 Å². The topological polar surface area (TPSA) is 88.5 Å². The second-order valence-corrected chi connectivity index (χ2v) is 6.88. The van der Waals surface area contributed by atoms with E-state index in [1.807, 2.05) is 0 Å². The summed E-state index contributed by atoms with van der Waals surface area (Å²) in [6, 6.07) is 3.25. The van der Waals surface area contributed by atoms with Crippen LogP contribution >= 0.6 is 0 Å². The zero-order valence-electron chi connectivity index (χ0n) is 13.8. The Morgan fingerprint density at radius 2 is 2.00 bits per heavy atom. The van der Waals surface area contributed by atoms with E-state index in [9.17, 15) is 14.7 Å². The van der Waals surface area contributed by atoms with E-state index in [0.717, 1.165) is 32.1 Å². The van der Waals surface area contributed by atoms with Gasteiger partial charge in [-0.25, -0.2) is 4.98 Å². The molecule has 6 nitrogen and oxygen atoms in total. The van der Waals surface area contributed by atoms with Crippen molar-refractivity contribution in [2.45, 2.75) is 57.5 Å². The van der Waals surface area contributed by atoms with Gasteiger partial charge in [0.05, 0.1) is 5.41 Å². The van der Waals surface area contributed by atoms with E-state index in [0.29, 0.717) is 24.3 Å². The molecule has 0 atom stereocenters. The van der Waals surface area contributed by atoms with Crippen LogP contribution < -0.4 is 10.1 Å². The largest absolute Gasteiger partial charge is 0.481 e. The van der Waals surface area contributed by atoms with Gasteiger partial charge in [0.15, 0.2) is 0 Å². The highest BCUT2D eigenvalue weighted by Crippen LogP contribution is 2.36. The molecule has 0 aliphatic heterocycles. The van der Waals surface area contributed by atoms with Gasteiger partial charge < -0.3 is 15.2 Å². The molecule has 3 rings (SSSR count). The lowest BCUT2D eigenvalue weighted by atomic mass is 9.74. The number of hydrogen-bond acceptors (Lipinski definition) is 4. The van der Waals surface area contributed by atoms with Gasteiger partial charge in [-0.3, -0.25) is 9.59 Å². The maximum Gasteiger partial charge on any atom is 0.311 e. The van der Waals surface area contributed by atoms with E-state index in [4.69, 9.17) is 4.74 Å². The van der Waals surface area contributed by atoms with Crippen LogP contribution in [0.2, 0.25) is 0 Å². The van der Waals surface area contributed by atoms with Crippen LogP contribution in [-0.2, 0) is 4.79 Å². The predicted octanol–water partition coefficient (Wildman–Crippen LogP) is 2.78. The molecule has 1 aromatic heterocycles. The first-order chi connectivity index (χ1) is 11.6. The van der Waals surface area contributed by atoms with Crippen molar-refractivity contribution in [3.63, 3.8) is 0 Å². The van der Waals surface area contributed by atoms with E-state index >= 15 is 0 Å². The fourth-order valence-corrected chi connectivity index (χ4v) is 3.32. The second kappa shape index (κ2) is 7.20. The maximum absolute atomic E-state index is 12.4. The summed E-state index contributed by atoms with van der Waals surface area (Å²) in [6.07, 6.45) is 9.08. The Morgan fingerprint density at radius 1 is 1.25 bits per heavy atom. The standard InChI is InChI=1S/C18H24N2O4/c21-16(20-12-18(17(22)23)8-2-1-3-9-18)13-7-10-19-15(11-13)24-14-5-4-6-14/h7,10-11,14H,1-6,8-9,12H2,(H,20,21)(H,22,23). The first-order valence-electron chi connectivity index (χ1n) is 8.73. The minimum Gasteiger partial charge on any atom is -0.481 e. The predicted molar refractivity (Wildman–Crippen MR) is 88.0 cm³/mol. The summed E-state index contributed by atoms with van der Waals surface area (Å²) in [5.74, 6) is -0.633. The zero-order chi connectivity index (χ0) is 17.0. The van der Waals surface area contributed by atoms with Crippen molar-refractivity contribution >= 4 is 11.9 Å². The van der Waals surface area contributed by atoms with Crippen LogP contribution in [0, 0.1) is 5.41 Å². The SMILES string of the molecule is O=C(NCC1(C(=O)O)CCCCC1)c1ccnc(OC2CCC2)c1. The number of pyridine rings is 1. The van der Waals surface area contributed by atoms with E-state index in [-0.39, 0.29) is 18.6 Å². The molecule has 0 saturated heterocycles. The van der Waals surface area contributed by atoms with Gasteiger partial charge in [0.25, 0.3) is 5.91 Å². The number of carboxylic acids is 1. The van der Waals surface area contributed by atoms with Crippen molar-refractivity contribution in [1.82, 2.24) is 10.3 Å². The molecule has 1 heterocycles. The number of amides is 1. The van der Waals surface area contributed by atoms with Gasteiger partial charge in [-0.15, -0.1) is 0 Å². The van der Waals surface area contributed by atoms with E-state index in [1.165, 1.54) is 6.42 Å². The fourth-order valence-electron chi connectivity index (χ4n) is 3.32. The summed E-state index contributed by atoms with van der Waals surface area (Å²) >= 11 is 0. The van der Waals surface area contributed by atoms with Crippen molar-refractivity contribution in [3.8, 4) is 5.88 Å². The summed E-state index contributed by atoms with van der Waals surface area (Å²) in [6.45, 7) is 0.169. The quantitative estimate of drug-likeness (QED) is 0.836. The van der Waals surface area contributed by atoms with Gasteiger partial charge in [0.2, 0.25) is 5.88 Å². The summed E-state index contributed by atoms with van der Waals surface area (Å²) in [7, 11) is 0. The van der Waals surface area contributed by atoms with Crippen molar-refractivity contribution in [2.24, 2.45) is 5.41 Å². The molecule has 2 aliphatic rings. The molecular formula is C18H24N2O4. The number of nitrogens with one attached hydrogen (secondary N) is 1. The Morgan fingerprint density at radius 3 is 2.62 bits per heavy atom. The number of ether oxygens (including phenoxy) is 1. The molecule has 1 amide bonds. The Balaban J connectivity index is 1.61. The fraction of sp³-hybridized carbons (Fsp3) is 0.611. The Labute approximate surface area is 141 Å². The molecule has 2 saturated carbocycles. The highest BCUT2D eigenvalue weighted by Gasteiger charge is 2.39. The molecule has 6 heteroatoms. The van der Waals surface area contributed by atoms with Crippen LogP contribution in [0.15, 0.2) is 18.3 Å². The zero-order valence-corrected chi connectivity index (χ0v) is 13.8. The minimum atomic E-state index is -0.827. The Kier molecular flexibility index (Phi) is 5.02. The number of nitrogens with zero attached hydrogens (tertiary/aromatic N) is 1. The Hall–Kier alpha value is -2.11. The van der Waals surface area contributed by atoms with Crippen LogP contribution in [0.25, 0.3) is 0 Å². The number of rotatable bonds is 6. The van der Waals surface area contributed by atoms with Crippen molar-refractivity contribution in [3.05, 3.63) is 23.9 Å². The third-order valence-electron chi connectivity index (χ3n) is 5.19. The van der Waals surface area contributed by atoms with Crippen LogP contribution in [0.4, 0.5) is 0 Å². The minimum absolute atomic E-state index is 0.169. The monoisotopic (exact) mass is 332 g/mol. The Bertz CT molecular complexity index is 607. The number of carboxylic acid groups (broad SMARTS) is 1. The third-order valence-corrected chi connectivity index (χ3v) is 5.19. The normalized spacial score (nSPS) is 20.0. The van der Waals surface area contributed by atoms with Gasteiger partial charge >= 0.3 is 5.97 Å². The molecule has 2 fully saturated rings. The average Bonchev–Trinajstić information content (AvgIpc) is 2.57. The number of carbonyl (C=O) groups excluding carboxylic acids is 1. The average molecular weight is 332 g/mol. The summed E-state index contributed by atoms with van der Waals surface area (Å²) in [5.41, 5.74) is -0.373. The molecule has 130 valence electrons. The van der Waals surface area contributed by atoms with Crippen LogP contribution in [0.1, 0.15) is 61.7 Å². The lowest BCUT2D eigenvalue weighted by molar-refractivity contribution is -0.150. The van der Waals surface area contributed by atoms with Gasteiger partial charge in [-0.05, 0) is 38.2 Å². The lowest BCUT2D eigenvalue weighted by Gasteiger charge is -2.33.